The maximum atomic E-state index is 13.1. The minimum absolute atomic E-state index is 0.00431. The molecule has 0 bridgehead atoms. The zero-order valence-electron chi connectivity index (χ0n) is 18.9. The number of hydrogen-bond donors (Lipinski definition) is 1. The summed E-state index contributed by atoms with van der Waals surface area (Å²) < 4.78 is 6.12. The number of carbonyl (C=O) groups excluding carboxylic acids is 1. The Morgan fingerprint density at radius 2 is 1.68 bits per heavy atom. The van der Waals surface area contributed by atoms with Crippen molar-refractivity contribution in [3.05, 3.63) is 112 Å². The maximum Gasteiger partial charge on any atom is 0.266 e. The number of rotatable bonds is 6. The number of carbonyl (C=O) groups is 1. The van der Waals surface area contributed by atoms with Crippen molar-refractivity contribution in [3.8, 4) is 11.8 Å². The Balaban J connectivity index is 1.71. The van der Waals surface area contributed by atoms with E-state index in [1.54, 1.807) is 6.08 Å². The summed E-state index contributed by atoms with van der Waals surface area (Å²) in [5, 5.41) is 15.3. The highest BCUT2D eigenvalue weighted by Crippen LogP contribution is 2.31. The van der Waals surface area contributed by atoms with Gasteiger partial charge in [-0.15, -0.1) is 0 Å². The molecular formula is C29H23ClN2O2. The molecule has 0 atom stereocenters. The average molecular weight is 467 g/mol. The summed E-state index contributed by atoms with van der Waals surface area (Å²) in [6.45, 7) is 4.17. The van der Waals surface area contributed by atoms with E-state index in [2.05, 4.69) is 11.4 Å². The number of amides is 1. The molecule has 0 radical (unpaired) electrons. The molecule has 4 aromatic carbocycles. The Hall–Kier alpha value is -4.07. The van der Waals surface area contributed by atoms with Gasteiger partial charge in [-0.1, -0.05) is 72.3 Å². The van der Waals surface area contributed by atoms with Crippen molar-refractivity contribution in [2.24, 2.45) is 0 Å². The van der Waals surface area contributed by atoms with Crippen LogP contribution in [0.5, 0.6) is 5.75 Å². The van der Waals surface area contributed by atoms with E-state index >= 15 is 0 Å². The number of nitrogens with one attached hydrogen (secondary N) is 1. The van der Waals surface area contributed by atoms with E-state index in [0.29, 0.717) is 28.6 Å². The number of aryl methyl sites for hydroxylation is 2. The zero-order chi connectivity index (χ0) is 24.1. The first-order chi connectivity index (χ1) is 16.5. The van der Waals surface area contributed by atoms with Crippen LogP contribution in [-0.4, -0.2) is 5.91 Å². The van der Waals surface area contributed by atoms with Crippen molar-refractivity contribution in [2.75, 3.05) is 5.32 Å². The minimum atomic E-state index is -0.462. The highest BCUT2D eigenvalue weighted by Gasteiger charge is 2.15. The van der Waals surface area contributed by atoms with E-state index in [1.165, 1.54) is 0 Å². The normalized spacial score (nSPS) is 11.2. The van der Waals surface area contributed by atoms with Crippen molar-refractivity contribution in [3.63, 3.8) is 0 Å². The molecule has 34 heavy (non-hydrogen) atoms. The van der Waals surface area contributed by atoms with Crippen molar-refractivity contribution in [1.82, 2.24) is 0 Å². The molecule has 0 aromatic heterocycles. The Labute approximate surface area is 204 Å². The van der Waals surface area contributed by atoms with Gasteiger partial charge in [0.05, 0.1) is 0 Å². The van der Waals surface area contributed by atoms with Gasteiger partial charge in [-0.3, -0.25) is 4.79 Å². The Morgan fingerprint density at radius 1 is 0.971 bits per heavy atom. The molecule has 4 rings (SSSR count). The number of anilines is 1. The fourth-order valence-corrected chi connectivity index (χ4v) is 3.90. The number of ether oxygens (including phenoxy) is 1. The van der Waals surface area contributed by atoms with Gasteiger partial charge in [-0.25, -0.2) is 0 Å². The number of fused-ring (bicyclic) bond motifs is 1. The molecule has 0 fully saturated rings. The Morgan fingerprint density at radius 3 is 2.38 bits per heavy atom. The lowest BCUT2D eigenvalue weighted by molar-refractivity contribution is -0.112. The van der Waals surface area contributed by atoms with Gasteiger partial charge in [-0.05, 0) is 65.6 Å². The second-order valence-electron chi connectivity index (χ2n) is 8.00. The van der Waals surface area contributed by atoms with Crippen molar-refractivity contribution in [2.45, 2.75) is 20.5 Å². The smallest absolute Gasteiger partial charge is 0.266 e. The summed E-state index contributed by atoms with van der Waals surface area (Å²) in [6.07, 6.45) is 1.60. The van der Waals surface area contributed by atoms with Crippen LogP contribution in [0.1, 0.15) is 22.3 Å². The largest absolute Gasteiger partial charge is 0.488 e. The molecule has 0 saturated heterocycles. The zero-order valence-corrected chi connectivity index (χ0v) is 19.7. The topological polar surface area (TPSA) is 62.1 Å². The van der Waals surface area contributed by atoms with E-state index in [4.69, 9.17) is 16.3 Å². The number of halogens is 1. The molecule has 0 spiro atoms. The molecule has 0 heterocycles. The third-order valence-corrected chi connectivity index (χ3v) is 5.86. The first-order valence-electron chi connectivity index (χ1n) is 10.8. The summed E-state index contributed by atoms with van der Waals surface area (Å²) in [6, 6.07) is 26.9. The summed E-state index contributed by atoms with van der Waals surface area (Å²) in [5.74, 6) is 0.123. The summed E-state index contributed by atoms with van der Waals surface area (Å²) >= 11 is 5.98. The van der Waals surface area contributed by atoms with Gasteiger partial charge < -0.3 is 10.1 Å². The molecule has 0 aliphatic carbocycles. The lowest BCUT2D eigenvalue weighted by Gasteiger charge is -2.14. The first-order valence-corrected chi connectivity index (χ1v) is 11.2. The molecule has 0 saturated carbocycles. The quantitative estimate of drug-likeness (QED) is 0.241. The number of nitriles is 1. The van der Waals surface area contributed by atoms with Gasteiger partial charge in [0, 0.05) is 16.3 Å². The van der Waals surface area contributed by atoms with Crippen molar-refractivity contribution < 1.29 is 9.53 Å². The maximum absolute atomic E-state index is 13.1. The van der Waals surface area contributed by atoms with Crippen molar-refractivity contribution in [1.29, 1.82) is 5.26 Å². The van der Waals surface area contributed by atoms with Gasteiger partial charge in [0.1, 0.15) is 24.0 Å². The third kappa shape index (κ3) is 5.11. The van der Waals surface area contributed by atoms with Crippen LogP contribution < -0.4 is 10.1 Å². The number of benzene rings is 4. The fourth-order valence-electron chi connectivity index (χ4n) is 3.78. The molecule has 168 valence electrons. The fraction of sp³-hybridized carbons (Fsp3) is 0.103. The predicted octanol–water partition coefficient (Wildman–Crippen LogP) is 7.23. The second-order valence-corrected chi connectivity index (χ2v) is 8.44. The molecule has 0 aliphatic rings. The molecular weight excluding hydrogens is 444 g/mol. The second kappa shape index (κ2) is 10.2. The standard InChI is InChI=1S/C29H23ClN2O2/c1-19-6-5-7-20(2)28(19)32-29(33)23(17-31)16-26-25-9-4-3-8-22(25)12-15-27(26)34-18-21-10-13-24(30)14-11-21/h3-16H,18H2,1-2H3,(H,32,33)/b23-16-. The van der Waals surface area contributed by atoms with Gasteiger partial charge in [0.2, 0.25) is 0 Å². The average Bonchev–Trinajstić information content (AvgIpc) is 2.84. The summed E-state index contributed by atoms with van der Waals surface area (Å²) in [5.41, 5.74) is 4.22. The van der Waals surface area contributed by atoms with Crippen molar-refractivity contribution >= 4 is 40.0 Å². The van der Waals surface area contributed by atoms with E-state index in [-0.39, 0.29) is 5.57 Å². The van der Waals surface area contributed by atoms with Crippen LogP contribution in [0, 0.1) is 25.2 Å². The van der Waals surface area contributed by atoms with Gasteiger partial charge in [0.15, 0.2) is 0 Å². The van der Waals surface area contributed by atoms with E-state index in [9.17, 15) is 10.1 Å². The van der Waals surface area contributed by atoms with Crippen LogP contribution in [0.15, 0.2) is 84.4 Å². The van der Waals surface area contributed by atoms with Gasteiger partial charge in [-0.2, -0.15) is 5.26 Å². The van der Waals surface area contributed by atoms with E-state index in [1.807, 2.05) is 92.7 Å². The van der Waals surface area contributed by atoms with Crippen LogP contribution in [0.4, 0.5) is 5.69 Å². The summed E-state index contributed by atoms with van der Waals surface area (Å²) in [4.78, 5) is 13.1. The van der Waals surface area contributed by atoms with E-state index in [0.717, 1.165) is 27.5 Å². The predicted molar refractivity (Wildman–Crippen MR) is 138 cm³/mol. The molecule has 1 N–H and O–H groups in total. The minimum Gasteiger partial charge on any atom is -0.488 e. The highest BCUT2D eigenvalue weighted by atomic mass is 35.5. The first kappa shape index (κ1) is 23.1. The molecule has 4 aromatic rings. The molecule has 0 unspecified atom stereocenters. The molecule has 1 amide bonds. The van der Waals surface area contributed by atoms with Crippen LogP contribution in [-0.2, 0) is 11.4 Å². The molecule has 5 heteroatoms. The SMILES string of the molecule is Cc1cccc(C)c1NC(=O)/C(C#N)=C\c1c(OCc2ccc(Cl)cc2)ccc2ccccc12. The van der Waals surface area contributed by atoms with Gasteiger partial charge in [0.25, 0.3) is 5.91 Å². The van der Waals surface area contributed by atoms with Gasteiger partial charge >= 0.3 is 0 Å². The number of nitrogens with zero attached hydrogens (tertiary/aromatic N) is 1. The number of hydrogen-bond acceptors (Lipinski definition) is 3. The highest BCUT2D eigenvalue weighted by molar-refractivity contribution is 6.30. The lowest BCUT2D eigenvalue weighted by Crippen LogP contribution is -2.15. The van der Waals surface area contributed by atoms with Crippen LogP contribution in [0.3, 0.4) is 0 Å². The van der Waals surface area contributed by atoms with E-state index < -0.39 is 5.91 Å². The van der Waals surface area contributed by atoms with Crippen LogP contribution in [0.2, 0.25) is 5.02 Å². The Bertz CT molecular complexity index is 1410. The van der Waals surface area contributed by atoms with Crippen LogP contribution >= 0.6 is 11.6 Å². The molecule has 4 nitrogen and oxygen atoms in total. The molecule has 0 aliphatic heterocycles. The van der Waals surface area contributed by atoms with Crippen LogP contribution in [0.25, 0.3) is 16.8 Å². The third-order valence-electron chi connectivity index (χ3n) is 5.61. The lowest BCUT2D eigenvalue weighted by atomic mass is 10.0. The Kier molecular flexibility index (Phi) is 6.96. The number of para-hydroxylation sites is 1. The monoisotopic (exact) mass is 466 g/mol. The summed E-state index contributed by atoms with van der Waals surface area (Å²) in [7, 11) is 0.